The standard InChI is InChI=1S/C7H13N3OS/c1-7(2,3)10-5-8-9-6(10)12(4)11/h5H,1-4H3. The number of rotatable bonds is 1. The van der Waals surface area contributed by atoms with Crippen LogP contribution in [0.3, 0.4) is 0 Å². The molecule has 4 nitrogen and oxygen atoms in total. The van der Waals surface area contributed by atoms with E-state index in [9.17, 15) is 4.21 Å². The largest absolute Gasteiger partial charge is 0.301 e. The summed E-state index contributed by atoms with van der Waals surface area (Å²) in [5.74, 6) is 0. The lowest BCUT2D eigenvalue weighted by molar-refractivity contribution is 0.365. The van der Waals surface area contributed by atoms with Crippen molar-refractivity contribution in [1.82, 2.24) is 14.8 Å². The van der Waals surface area contributed by atoms with Gasteiger partial charge in [0.2, 0.25) is 5.16 Å². The van der Waals surface area contributed by atoms with Gasteiger partial charge >= 0.3 is 0 Å². The average molecular weight is 187 g/mol. The third-order valence-electron chi connectivity index (χ3n) is 1.50. The highest BCUT2D eigenvalue weighted by Crippen LogP contribution is 2.16. The van der Waals surface area contributed by atoms with Crippen molar-refractivity contribution in [3.63, 3.8) is 0 Å². The Morgan fingerprint density at radius 2 is 2.08 bits per heavy atom. The molecule has 0 aromatic carbocycles. The Morgan fingerprint density at radius 3 is 2.42 bits per heavy atom. The fourth-order valence-corrected chi connectivity index (χ4v) is 1.64. The number of nitrogens with zero attached hydrogens (tertiary/aromatic N) is 3. The monoisotopic (exact) mass is 187 g/mol. The predicted molar refractivity (Wildman–Crippen MR) is 47.4 cm³/mol. The maximum Gasteiger partial charge on any atom is 0.221 e. The number of hydrogen-bond donors (Lipinski definition) is 0. The van der Waals surface area contributed by atoms with E-state index in [0.29, 0.717) is 5.16 Å². The molecule has 0 radical (unpaired) electrons. The number of aromatic nitrogens is 3. The van der Waals surface area contributed by atoms with Crippen LogP contribution in [0.25, 0.3) is 0 Å². The summed E-state index contributed by atoms with van der Waals surface area (Å²) in [6, 6.07) is 0. The zero-order valence-corrected chi connectivity index (χ0v) is 8.55. The quantitative estimate of drug-likeness (QED) is 0.652. The molecule has 5 heteroatoms. The van der Waals surface area contributed by atoms with Crippen molar-refractivity contribution >= 4 is 10.8 Å². The lowest BCUT2D eigenvalue weighted by Crippen LogP contribution is -2.23. The second-order valence-electron chi connectivity index (χ2n) is 3.61. The minimum absolute atomic E-state index is 0.107. The van der Waals surface area contributed by atoms with Gasteiger partial charge in [-0.2, -0.15) is 0 Å². The molecule has 0 fully saturated rings. The topological polar surface area (TPSA) is 47.8 Å². The maximum atomic E-state index is 11.2. The fraction of sp³-hybridized carbons (Fsp3) is 0.714. The highest BCUT2D eigenvalue weighted by atomic mass is 32.2. The molecule has 0 aliphatic heterocycles. The molecule has 0 amide bonds. The number of hydrogen-bond acceptors (Lipinski definition) is 3. The molecule has 68 valence electrons. The van der Waals surface area contributed by atoms with Gasteiger partial charge < -0.3 is 4.57 Å². The summed E-state index contributed by atoms with van der Waals surface area (Å²) >= 11 is 0. The highest BCUT2D eigenvalue weighted by Gasteiger charge is 2.19. The Hall–Kier alpha value is -0.710. The minimum Gasteiger partial charge on any atom is -0.301 e. The summed E-state index contributed by atoms with van der Waals surface area (Å²) in [5, 5.41) is 8.05. The van der Waals surface area contributed by atoms with Gasteiger partial charge in [-0.15, -0.1) is 10.2 Å². The molecule has 1 rings (SSSR count). The van der Waals surface area contributed by atoms with Crippen LogP contribution in [0.1, 0.15) is 20.8 Å². The first-order chi connectivity index (χ1) is 5.43. The van der Waals surface area contributed by atoms with Crippen molar-refractivity contribution in [3.05, 3.63) is 6.33 Å². The molecule has 1 unspecified atom stereocenters. The molecule has 1 heterocycles. The van der Waals surface area contributed by atoms with Crippen molar-refractivity contribution in [1.29, 1.82) is 0 Å². The van der Waals surface area contributed by atoms with Gasteiger partial charge in [0.15, 0.2) is 0 Å². The lowest BCUT2D eigenvalue weighted by atomic mass is 10.1. The first kappa shape index (κ1) is 9.38. The van der Waals surface area contributed by atoms with Gasteiger partial charge in [-0.05, 0) is 20.8 Å². The molecular formula is C7H13N3OS. The van der Waals surface area contributed by atoms with E-state index in [1.807, 2.05) is 25.3 Å². The van der Waals surface area contributed by atoms with Gasteiger partial charge in [-0.25, -0.2) is 0 Å². The third-order valence-corrected chi connectivity index (χ3v) is 2.29. The SMILES string of the molecule is CS(=O)c1nncn1C(C)(C)C. The predicted octanol–water partition coefficient (Wildman–Crippen LogP) is 0.771. The van der Waals surface area contributed by atoms with E-state index in [4.69, 9.17) is 0 Å². The minimum atomic E-state index is -1.07. The van der Waals surface area contributed by atoms with E-state index in [1.165, 1.54) is 0 Å². The molecule has 0 saturated heterocycles. The Kier molecular flexibility index (Phi) is 2.32. The Labute approximate surface area is 74.5 Å². The molecular weight excluding hydrogens is 174 g/mol. The summed E-state index contributed by atoms with van der Waals surface area (Å²) in [7, 11) is -1.07. The van der Waals surface area contributed by atoms with Crippen LogP contribution in [0.5, 0.6) is 0 Å². The first-order valence-electron chi connectivity index (χ1n) is 3.67. The summed E-state index contributed by atoms with van der Waals surface area (Å²) in [4.78, 5) is 0. The van der Waals surface area contributed by atoms with E-state index >= 15 is 0 Å². The smallest absolute Gasteiger partial charge is 0.221 e. The van der Waals surface area contributed by atoms with Crippen LogP contribution in [-0.4, -0.2) is 25.2 Å². The highest BCUT2D eigenvalue weighted by molar-refractivity contribution is 7.84. The molecule has 0 spiro atoms. The van der Waals surface area contributed by atoms with Crippen LogP contribution in [0.15, 0.2) is 11.5 Å². The molecule has 0 aliphatic carbocycles. The van der Waals surface area contributed by atoms with Crippen molar-refractivity contribution in [2.24, 2.45) is 0 Å². The molecule has 1 atom stereocenters. The molecule has 1 aromatic heterocycles. The third kappa shape index (κ3) is 1.72. The normalized spacial score (nSPS) is 14.7. The second kappa shape index (κ2) is 2.97. The summed E-state index contributed by atoms with van der Waals surface area (Å²) in [5.41, 5.74) is -0.107. The molecule has 12 heavy (non-hydrogen) atoms. The van der Waals surface area contributed by atoms with Crippen molar-refractivity contribution < 1.29 is 4.21 Å². The van der Waals surface area contributed by atoms with Crippen LogP contribution >= 0.6 is 0 Å². The van der Waals surface area contributed by atoms with Crippen LogP contribution in [0.4, 0.5) is 0 Å². The molecule has 1 aromatic rings. The molecule has 0 aliphatic rings. The van der Waals surface area contributed by atoms with Crippen molar-refractivity contribution in [3.8, 4) is 0 Å². The van der Waals surface area contributed by atoms with Gasteiger partial charge in [0.25, 0.3) is 0 Å². The Morgan fingerprint density at radius 1 is 1.50 bits per heavy atom. The maximum absolute atomic E-state index is 11.2. The summed E-state index contributed by atoms with van der Waals surface area (Å²) in [6.45, 7) is 6.06. The van der Waals surface area contributed by atoms with Crippen LogP contribution in [-0.2, 0) is 16.3 Å². The van der Waals surface area contributed by atoms with Crippen LogP contribution < -0.4 is 0 Å². The van der Waals surface area contributed by atoms with Crippen molar-refractivity contribution in [2.75, 3.05) is 6.26 Å². The van der Waals surface area contributed by atoms with Gasteiger partial charge in [0.05, 0.1) is 10.8 Å². The Bertz CT molecular complexity index is 300. The second-order valence-corrected chi connectivity index (χ2v) is 4.88. The molecule has 0 bridgehead atoms. The van der Waals surface area contributed by atoms with E-state index in [-0.39, 0.29) is 5.54 Å². The average Bonchev–Trinajstić information content (AvgIpc) is 2.30. The van der Waals surface area contributed by atoms with E-state index in [2.05, 4.69) is 10.2 Å². The Balaban J connectivity index is 3.17. The lowest BCUT2D eigenvalue weighted by Gasteiger charge is -2.21. The fourth-order valence-electron chi connectivity index (χ4n) is 0.881. The van der Waals surface area contributed by atoms with Gasteiger partial charge in [-0.3, -0.25) is 4.21 Å². The zero-order chi connectivity index (χ0) is 9.35. The van der Waals surface area contributed by atoms with E-state index < -0.39 is 10.8 Å². The van der Waals surface area contributed by atoms with E-state index in [1.54, 1.807) is 12.6 Å². The van der Waals surface area contributed by atoms with Gasteiger partial charge in [0.1, 0.15) is 6.33 Å². The summed E-state index contributed by atoms with van der Waals surface area (Å²) in [6.07, 6.45) is 3.21. The summed E-state index contributed by atoms with van der Waals surface area (Å²) < 4.78 is 13.0. The zero-order valence-electron chi connectivity index (χ0n) is 7.74. The van der Waals surface area contributed by atoms with Gasteiger partial charge in [0, 0.05) is 11.8 Å². The van der Waals surface area contributed by atoms with Gasteiger partial charge in [-0.1, -0.05) is 0 Å². The van der Waals surface area contributed by atoms with E-state index in [0.717, 1.165) is 0 Å². The van der Waals surface area contributed by atoms with Crippen LogP contribution in [0.2, 0.25) is 0 Å². The molecule has 0 N–H and O–H groups in total. The molecule has 0 saturated carbocycles. The van der Waals surface area contributed by atoms with Crippen LogP contribution in [0, 0.1) is 0 Å². The first-order valence-corrected chi connectivity index (χ1v) is 5.22. The van der Waals surface area contributed by atoms with Crippen molar-refractivity contribution in [2.45, 2.75) is 31.5 Å².